The fourth-order valence-electron chi connectivity index (χ4n) is 1.09. The lowest BCUT2D eigenvalue weighted by molar-refractivity contribution is -0.121. The molecule has 1 unspecified atom stereocenters. The summed E-state index contributed by atoms with van der Waals surface area (Å²) in [5, 5.41) is 11.6. The van der Waals surface area contributed by atoms with Gasteiger partial charge in [-0.2, -0.15) is 0 Å². The Hall–Kier alpha value is -0.570. The Morgan fingerprint density at radius 3 is 2.77 bits per heavy atom. The van der Waals surface area contributed by atoms with Crippen molar-refractivity contribution in [3.63, 3.8) is 0 Å². The Kier molecular flexibility index (Phi) is 7.69. The minimum Gasteiger partial charge on any atom is -0.396 e. The topological polar surface area (TPSA) is 49.3 Å². The molecule has 0 radical (unpaired) electrons. The third-order valence-corrected chi connectivity index (χ3v) is 1.98. The minimum atomic E-state index is 0.138. The first-order chi connectivity index (χ1) is 6.20. The molecule has 3 nitrogen and oxygen atoms in total. The Labute approximate surface area is 80.5 Å². The van der Waals surface area contributed by atoms with Crippen LogP contribution in [0.15, 0.2) is 0 Å². The maximum atomic E-state index is 11.0. The van der Waals surface area contributed by atoms with Gasteiger partial charge in [0.05, 0.1) is 0 Å². The highest BCUT2D eigenvalue weighted by Gasteiger charge is 2.00. The van der Waals surface area contributed by atoms with Gasteiger partial charge in [0, 0.05) is 19.6 Å². The van der Waals surface area contributed by atoms with Crippen molar-refractivity contribution in [2.45, 2.75) is 39.5 Å². The van der Waals surface area contributed by atoms with Crippen LogP contribution in [0.1, 0.15) is 39.5 Å². The van der Waals surface area contributed by atoms with Gasteiger partial charge in [0.25, 0.3) is 0 Å². The molecule has 0 aliphatic rings. The lowest BCUT2D eigenvalue weighted by Gasteiger charge is -2.07. The molecule has 0 saturated carbocycles. The smallest absolute Gasteiger partial charge is 0.219 e. The number of nitrogens with one attached hydrogen (secondary N) is 1. The normalized spacial score (nSPS) is 12.5. The number of aliphatic hydroxyl groups excluding tert-OH is 1. The molecular weight excluding hydrogens is 166 g/mol. The zero-order valence-corrected chi connectivity index (χ0v) is 8.68. The van der Waals surface area contributed by atoms with E-state index in [-0.39, 0.29) is 12.5 Å². The molecule has 0 aliphatic heterocycles. The van der Waals surface area contributed by atoms with Crippen molar-refractivity contribution in [2.24, 2.45) is 5.92 Å². The lowest BCUT2D eigenvalue weighted by Crippen LogP contribution is -2.24. The van der Waals surface area contributed by atoms with Crippen LogP contribution in [0.3, 0.4) is 0 Å². The molecule has 0 spiro atoms. The summed E-state index contributed by atoms with van der Waals surface area (Å²) in [7, 11) is 0. The Morgan fingerprint density at radius 2 is 2.23 bits per heavy atom. The number of carbonyl (C=O) groups is 1. The van der Waals surface area contributed by atoms with Crippen LogP contribution in [0.5, 0.6) is 0 Å². The van der Waals surface area contributed by atoms with Crippen LogP contribution in [0.2, 0.25) is 0 Å². The van der Waals surface area contributed by atoms with E-state index in [0.29, 0.717) is 12.3 Å². The van der Waals surface area contributed by atoms with E-state index >= 15 is 0 Å². The van der Waals surface area contributed by atoms with Crippen LogP contribution in [0.25, 0.3) is 0 Å². The number of carbonyl (C=O) groups excluding carboxylic acids is 1. The van der Waals surface area contributed by atoms with Gasteiger partial charge in [0.2, 0.25) is 5.91 Å². The molecule has 0 aromatic rings. The number of rotatable bonds is 7. The van der Waals surface area contributed by atoms with Crippen LogP contribution in [0.4, 0.5) is 0 Å². The van der Waals surface area contributed by atoms with Crippen LogP contribution in [-0.2, 0) is 4.79 Å². The molecule has 78 valence electrons. The van der Waals surface area contributed by atoms with Gasteiger partial charge in [-0.05, 0) is 25.2 Å². The van der Waals surface area contributed by atoms with Crippen molar-refractivity contribution in [3.05, 3.63) is 0 Å². The molecule has 0 bridgehead atoms. The van der Waals surface area contributed by atoms with Crippen molar-refractivity contribution >= 4 is 5.91 Å². The van der Waals surface area contributed by atoms with E-state index in [9.17, 15) is 4.79 Å². The first-order valence-corrected chi connectivity index (χ1v) is 5.08. The van der Waals surface area contributed by atoms with Crippen LogP contribution in [-0.4, -0.2) is 24.2 Å². The number of aliphatic hydroxyl groups is 1. The lowest BCUT2D eigenvalue weighted by atomic mass is 10.1. The van der Waals surface area contributed by atoms with Gasteiger partial charge < -0.3 is 10.4 Å². The summed E-state index contributed by atoms with van der Waals surface area (Å²) in [4.78, 5) is 11.0. The van der Waals surface area contributed by atoms with E-state index < -0.39 is 0 Å². The fourth-order valence-corrected chi connectivity index (χ4v) is 1.09. The molecule has 0 aromatic carbocycles. The Balaban J connectivity index is 3.20. The van der Waals surface area contributed by atoms with Crippen molar-refractivity contribution in [3.8, 4) is 0 Å². The van der Waals surface area contributed by atoms with Gasteiger partial charge in [-0.1, -0.05) is 13.8 Å². The van der Waals surface area contributed by atoms with E-state index in [1.54, 1.807) is 0 Å². The molecule has 0 fully saturated rings. The van der Waals surface area contributed by atoms with Crippen LogP contribution >= 0.6 is 0 Å². The molecule has 13 heavy (non-hydrogen) atoms. The second-order valence-corrected chi connectivity index (χ2v) is 3.53. The number of amides is 1. The standard InChI is InChI=1S/C10H21NO2/c1-3-5-10(13)11-7-4-6-9(2)8-12/h9,12H,3-8H2,1-2H3,(H,11,13). The van der Waals surface area contributed by atoms with Gasteiger partial charge in [-0.25, -0.2) is 0 Å². The van der Waals surface area contributed by atoms with Crippen LogP contribution < -0.4 is 5.32 Å². The summed E-state index contributed by atoms with van der Waals surface area (Å²) in [6.45, 7) is 4.98. The Morgan fingerprint density at radius 1 is 1.54 bits per heavy atom. The third kappa shape index (κ3) is 7.78. The minimum absolute atomic E-state index is 0.138. The van der Waals surface area contributed by atoms with E-state index in [1.165, 1.54) is 0 Å². The largest absolute Gasteiger partial charge is 0.396 e. The summed E-state index contributed by atoms with van der Waals surface area (Å²) in [5.41, 5.74) is 0. The molecule has 0 saturated heterocycles. The number of hydrogen-bond donors (Lipinski definition) is 2. The average molecular weight is 187 g/mol. The molecular formula is C10H21NO2. The molecule has 0 heterocycles. The van der Waals surface area contributed by atoms with Crippen molar-refractivity contribution in [2.75, 3.05) is 13.2 Å². The van der Waals surface area contributed by atoms with Gasteiger partial charge in [-0.3, -0.25) is 4.79 Å². The predicted molar refractivity (Wildman–Crippen MR) is 53.4 cm³/mol. The highest BCUT2D eigenvalue weighted by molar-refractivity contribution is 5.75. The molecule has 0 aromatic heterocycles. The summed E-state index contributed by atoms with van der Waals surface area (Å²) >= 11 is 0. The van der Waals surface area contributed by atoms with Crippen molar-refractivity contribution in [1.29, 1.82) is 0 Å². The van der Waals surface area contributed by atoms with Gasteiger partial charge in [0.15, 0.2) is 0 Å². The van der Waals surface area contributed by atoms with Gasteiger partial charge in [-0.15, -0.1) is 0 Å². The average Bonchev–Trinajstić information content (AvgIpc) is 2.12. The fraction of sp³-hybridized carbons (Fsp3) is 0.900. The maximum Gasteiger partial charge on any atom is 0.219 e. The molecule has 3 heteroatoms. The maximum absolute atomic E-state index is 11.0. The highest BCUT2D eigenvalue weighted by atomic mass is 16.3. The predicted octanol–water partition coefficient (Wildman–Crippen LogP) is 1.31. The van der Waals surface area contributed by atoms with Crippen LogP contribution in [0, 0.1) is 5.92 Å². The summed E-state index contributed by atoms with van der Waals surface area (Å²) < 4.78 is 0. The van der Waals surface area contributed by atoms with E-state index in [4.69, 9.17) is 5.11 Å². The SMILES string of the molecule is CCCC(=O)NCCCC(C)CO. The first kappa shape index (κ1) is 12.4. The summed E-state index contributed by atoms with van der Waals surface area (Å²) in [5.74, 6) is 0.488. The molecule has 1 atom stereocenters. The van der Waals surface area contributed by atoms with Gasteiger partial charge >= 0.3 is 0 Å². The zero-order valence-electron chi connectivity index (χ0n) is 8.68. The van der Waals surface area contributed by atoms with E-state index in [0.717, 1.165) is 25.8 Å². The number of hydrogen-bond acceptors (Lipinski definition) is 2. The highest BCUT2D eigenvalue weighted by Crippen LogP contribution is 2.02. The third-order valence-electron chi connectivity index (χ3n) is 1.98. The van der Waals surface area contributed by atoms with E-state index in [1.807, 2.05) is 13.8 Å². The monoisotopic (exact) mass is 187 g/mol. The Bertz CT molecular complexity index is 137. The van der Waals surface area contributed by atoms with Crippen molar-refractivity contribution < 1.29 is 9.90 Å². The van der Waals surface area contributed by atoms with Crippen molar-refractivity contribution in [1.82, 2.24) is 5.32 Å². The van der Waals surface area contributed by atoms with Gasteiger partial charge in [0.1, 0.15) is 0 Å². The summed E-state index contributed by atoms with van der Waals surface area (Å²) in [6.07, 6.45) is 3.45. The second-order valence-electron chi connectivity index (χ2n) is 3.53. The quantitative estimate of drug-likeness (QED) is 0.590. The first-order valence-electron chi connectivity index (χ1n) is 5.08. The molecule has 0 aliphatic carbocycles. The zero-order chi connectivity index (χ0) is 10.1. The molecule has 1 amide bonds. The molecule has 2 N–H and O–H groups in total. The second kappa shape index (κ2) is 8.05. The summed E-state index contributed by atoms with van der Waals surface area (Å²) in [6, 6.07) is 0. The van der Waals surface area contributed by atoms with E-state index in [2.05, 4.69) is 5.32 Å². The molecule has 0 rings (SSSR count).